The minimum Gasteiger partial charge on any atom is -0.361 e. The Morgan fingerprint density at radius 1 is 0.923 bits per heavy atom. The second-order valence-electron chi connectivity index (χ2n) is 8.54. The molecule has 0 spiro atoms. The van der Waals surface area contributed by atoms with Gasteiger partial charge in [-0.3, -0.25) is 4.99 Å². The molecule has 0 saturated carbocycles. The Morgan fingerprint density at radius 3 is 2.46 bits per heavy atom. The van der Waals surface area contributed by atoms with E-state index < -0.39 is 0 Å². The molecule has 2 aromatic heterocycles. The van der Waals surface area contributed by atoms with Crippen LogP contribution in [0.3, 0.4) is 0 Å². The quantitative estimate of drug-likeness (QED) is 0.210. The molecule has 1 aliphatic carbocycles. The topological polar surface area (TPSA) is 28.1 Å². The van der Waals surface area contributed by atoms with E-state index in [2.05, 4.69) is 41.4 Å². The maximum absolute atomic E-state index is 15.0. The Kier molecular flexibility index (Phi) is 9.82. The molecule has 0 amide bonds. The number of halogens is 1. The third-order valence-electron chi connectivity index (χ3n) is 6.40. The van der Waals surface area contributed by atoms with Crippen molar-refractivity contribution in [2.45, 2.75) is 40.5 Å². The lowest BCUT2D eigenvalue weighted by Gasteiger charge is -2.07. The number of para-hydroxylation sites is 1. The first-order valence-corrected chi connectivity index (χ1v) is 14.5. The summed E-state index contributed by atoms with van der Waals surface area (Å²) in [5.41, 5.74) is 7.04. The van der Waals surface area contributed by atoms with Crippen molar-refractivity contribution in [3.63, 3.8) is 0 Å². The fraction of sp³-hybridized carbons (Fsp3) is 0.171. The van der Waals surface area contributed by atoms with Crippen molar-refractivity contribution in [1.29, 1.82) is 0 Å². The van der Waals surface area contributed by atoms with Gasteiger partial charge in [-0.25, -0.2) is 4.39 Å². The summed E-state index contributed by atoms with van der Waals surface area (Å²) >= 11 is 1.69. The van der Waals surface area contributed by atoms with Crippen LogP contribution < -0.4 is 0 Å². The van der Waals surface area contributed by atoms with Gasteiger partial charge in [-0.2, -0.15) is 0 Å². The summed E-state index contributed by atoms with van der Waals surface area (Å²) in [7, 11) is 0. The van der Waals surface area contributed by atoms with Crippen LogP contribution in [-0.2, 0) is 12.8 Å². The number of benzene rings is 3. The van der Waals surface area contributed by atoms with E-state index >= 15 is 4.39 Å². The number of H-pyrrole nitrogens is 1. The molecule has 0 fully saturated rings. The smallest absolute Gasteiger partial charge is 0.128 e. The molecular weight excluding hydrogens is 499 g/mol. The molecule has 3 aromatic carbocycles. The van der Waals surface area contributed by atoms with Crippen LogP contribution >= 0.6 is 11.3 Å². The van der Waals surface area contributed by atoms with Crippen LogP contribution in [0.1, 0.15) is 49.3 Å². The molecular formula is C35H35FN2S. The van der Waals surface area contributed by atoms with Crippen LogP contribution in [-0.4, -0.2) is 11.2 Å². The average molecular weight is 535 g/mol. The van der Waals surface area contributed by atoms with Crippen molar-refractivity contribution in [3.05, 3.63) is 125 Å². The predicted molar refractivity (Wildman–Crippen MR) is 170 cm³/mol. The number of aromatic nitrogens is 1. The van der Waals surface area contributed by atoms with Crippen molar-refractivity contribution in [2.75, 3.05) is 0 Å². The number of nitrogens with one attached hydrogen (secondary N) is 1. The van der Waals surface area contributed by atoms with Gasteiger partial charge in [-0.05, 0) is 65.3 Å². The zero-order valence-corrected chi connectivity index (χ0v) is 23.9. The summed E-state index contributed by atoms with van der Waals surface area (Å²) < 4.78 is 16.1. The number of aliphatic imine (C=N–C) groups is 1. The van der Waals surface area contributed by atoms with Gasteiger partial charge in [0.1, 0.15) is 5.82 Å². The first-order valence-electron chi connectivity index (χ1n) is 13.7. The van der Waals surface area contributed by atoms with Gasteiger partial charge in [0.15, 0.2) is 0 Å². The molecule has 0 radical (unpaired) electrons. The standard InChI is InChI=1S/C31H23FN2S.2C2H6/c32-27-18-17-24-23-11-6-14-30(23)35-31(24)25(27)16-15-22(21-8-2-1-3-9-21)20-34-29-12-5-4-10-26(29)28-13-7-19-33-28;2*1-2/h1-10,12-15,17-20,33H,11,16H2;2*1-2H3/b22-15+,34-20?;;. The van der Waals surface area contributed by atoms with Gasteiger partial charge < -0.3 is 4.98 Å². The number of hydrogen-bond donors (Lipinski definition) is 1. The van der Waals surface area contributed by atoms with Crippen LogP contribution in [0, 0.1) is 5.82 Å². The molecule has 0 unspecified atom stereocenters. The molecule has 0 atom stereocenters. The lowest BCUT2D eigenvalue weighted by Crippen LogP contribution is -1.93. The normalized spacial score (nSPS) is 12.2. The maximum atomic E-state index is 15.0. The van der Waals surface area contributed by atoms with Crippen molar-refractivity contribution >= 4 is 45.0 Å². The Balaban J connectivity index is 0.000000845. The van der Waals surface area contributed by atoms with Crippen LogP contribution in [0.5, 0.6) is 0 Å². The third-order valence-corrected chi connectivity index (χ3v) is 7.67. The van der Waals surface area contributed by atoms with Gasteiger partial charge in [-0.15, -0.1) is 11.3 Å². The van der Waals surface area contributed by atoms with E-state index in [9.17, 15) is 0 Å². The van der Waals surface area contributed by atoms with Crippen LogP contribution in [0.15, 0.2) is 102 Å². The Hall–Kier alpha value is -4.02. The number of aromatic amines is 1. The van der Waals surface area contributed by atoms with E-state index in [0.29, 0.717) is 6.42 Å². The van der Waals surface area contributed by atoms with E-state index in [1.807, 2.05) is 94.7 Å². The second kappa shape index (κ2) is 13.7. The first kappa shape index (κ1) is 28.0. The number of thiophene rings is 1. The zero-order valence-electron chi connectivity index (χ0n) is 23.0. The molecule has 1 aliphatic rings. The summed E-state index contributed by atoms with van der Waals surface area (Å²) in [4.78, 5) is 9.38. The highest BCUT2D eigenvalue weighted by atomic mass is 32.1. The molecule has 2 heterocycles. The number of rotatable bonds is 6. The van der Waals surface area contributed by atoms with Gasteiger partial charge in [-0.1, -0.05) is 94.4 Å². The summed E-state index contributed by atoms with van der Waals surface area (Å²) in [5.74, 6) is -0.154. The number of fused-ring (bicyclic) bond motifs is 3. The van der Waals surface area contributed by atoms with Crippen molar-refractivity contribution in [1.82, 2.24) is 4.98 Å². The molecule has 2 nitrogen and oxygen atoms in total. The van der Waals surface area contributed by atoms with E-state index in [0.717, 1.165) is 44.8 Å². The fourth-order valence-electron chi connectivity index (χ4n) is 4.62. The fourth-order valence-corrected chi connectivity index (χ4v) is 5.93. The largest absolute Gasteiger partial charge is 0.361 e. The molecule has 6 rings (SSSR count). The average Bonchev–Trinajstić information content (AvgIpc) is 3.76. The molecule has 0 bridgehead atoms. The van der Waals surface area contributed by atoms with E-state index in [1.165, 1.54) is 15.8 Å². The lowest BCUT2D eigenvalue weighted by atomic mass is 10.0. The van der Waals surface area contributed by atoms with E-state index in [4.69, 9.17) is 4.99 Å². The van der Waals surface area contributed by atoms with Crippen molar-refractivity contribution in [2.24, 2.45) is 4.99 Å². The molecule has 198 valence electrons. The Bertz CT molecular complexity index is 1590. The van der Waals surface area contributed by atoms with E-state index in [1.54, 1.807) is 17.4 Å². The Morgan fingerprint density at radius 2 is 1.69 bits per heavy atom. The van der Waals surface area contributed by atoms with Crippen molar-refractivity contribution < 1.29 is 4.39 Å². The lowest BCUT2D eigenvalue weighted by molar-refractivity contribution is 0.618. The SMILES string of the molecule is CC.CC.Fc1ccc2c3c(sc2c1C/C=C(\C=Nc1ccccc1-c1ccc[nH]1)c1ccccc1)C=CC3. The van der Waals surface area contributed by atoms with Gasteiger partial charge >= 0.3 is 0 Å². The summed E-state index contributed by atoms with van der Waals surface area (Å²) in [6.45, 7) is 8.00. The van der Waals surface area contributed by atoms with Gasteiger partial charge in [0.25, 0.3) is 0 Å². The number of hydrogen-bond acceptors (Lipinski definition) is 2. The Labute approximate surface area is 235 Å². The highest BCUT2D eigenvalue weighted by Gasteiger charge is 2.17. The first-order chi connectivity index (χ1) is 19.3. The predicted octanol–water partition coefficient (Wildman–Crippen LogP) is 10.7. The highest BCUT2D eigenvalue weighted by molar-refractivity contribution is 7.20. The molecule has 0 saturated heterocycles. The number of nitrogens with zero attached hydrogens (tertiary/aromatic N) is 1. The van der Waals surface area contributed by atoms with Crippen LogP contribution in [0.2, 0.25) is 0 Å². The van der Waals surface area contributed by atoms with Gasteiger partial charge in [0, 0.05) is 38.8 Å². The summed E-state index contributed by atoms with van der Waals surface area (Å²) in [6, 6.07) is 25.8. The summed E-state index contributed by atoms with van der Waals surface area (Å²) in [5, 5.41) is 1.18. The van der Waals surface area contributed by atoms with E-state index in [-0.39, 0.29) is 5.82 Å². The highest BCUT2D eigenvalue weighted by Crippen LogP contribution is 2.39. The molecule has 1 N–H and O–H groups in total. The monoisotopic (exact) mass is 534 g/mol. The molecule has 4 heteroatoms. The molecule has 5 aromatic rings. The molecule has 39 heavy (non-hydrogen) atoms. The number of allylic oxidation sites excluding steroid dienone is 3. The molecule has 0 aliphatic heterocycles. The van der Waals surface area contributed by atoms with Crippen LogP contribution in [0.25, 0.3) is 33.0 Å². The third kappa shape index (κ3) is 6.18. The summed E-state index contributed by atoms with van der Waals surface area (Å²) in [6.07, 6.45) is 11.7. The zero-order chi connectivity index (χ0) is 27.6. The van der Waals surface area contributed by atoms with Gasteiger partial charge in [0.2, 0.25) is 0 Å². The minimum atomic E-state index is -0.154. The van der Waals surface area contributed by atoms with Crippen LogP contribution in [0.4, 0.5) is 10.1 Å². The second-order valence-corrected chi connectivity index (χ2v) is 9.59. The van der Waals surface area contributed by atoms with Crippen molar-refractivity contribution in [3.8, 4) is 11.3 Å². The minimum absolute atomic E-state index is 0.154. The maximum Gasteiger partial charge on any atom is 0.128 e. The van der Waals surface area contributed by atoms with Gasteiger partial charge in [0.05, 0.1) is 5.69 Å².